The first-order chi connectivity index (χ1) is 9.81. The van der Waals surface area contributed by atoms with Crippen LogP contribution in [-0.2, 0) is 6.42 Å². The molecule has 5 nitrogen and oxygen atoms in total. The molecule has 2 aromatic heterocycles. The molecular formula is C15H17N5. The summed E-state index contributed by atoms with van der Waals surface area (Å²) < 4.78 is 2.00. The molecule has 0 saturated carbocycles. The summed E-state index contributed by atoms with van der Waals surface area (Å²) in [5.41, 5.74) is 2.02. The summed E-state index contributed by atoms with van der Waals surface area (Å²) in [5, 5.41) is 3.25. The van der Waals surface area contributed by atoms with E-state index in [9.17, 15) is 0 Å². The zero-order valence-corrected chi connectivity index (χ0v) is 11.7. The van der Waals surface area contributed by atoms with E-state index in [1.165, 1.54) is 0 Å². The van der Waals surface area contributed by atoms with Gasteiger partial charge in [0.1, 0.15) is 23.8 Å². The molecule has 1 aromatic carbocycles. The molecule has 0 amide bonds. The summed E-state index contributed by atoms with van der Waals surface area (Å²) in [5.74, 6) is 2.53. The maximum absolute atomic E-state index is 4.60. The van der Waals surface area contributed by atoms with Crippen LogP contribution in [0.15, 0.2) is 36.7 Å². The lowest BCUT2D eigenvalue weighted by Crippen LogP contribution is -2.07. The Labute approximate surface area is 117 Å². The van der Waals surface area contributed by atoms with E-state index >= 15 is 0 Å². The molecule has 0 saturated heterocycles. The van der Waals surface area contributed by atoms with Gasteiger partial charge in [0.25, 0.3) is 0 Å². The van der Waals surface area contributed by atoms with Crippen molar-refractivity contribution >= 4 is 16.9 Å². The van der Waals surface area contributed by atoms with Crippen LogP contribution in [0.2, 0.25) is 0 Å². The van der Waals surface area contributed by atoms with Gasteiger partial charge in [0.15, 0.2) is 0 Å². The molecule has 102 valence electrons. The number of aromatic nitrogens is 4. The second-order valence-corrected chi connectivity index (χ2v) is 4.51. The third-order valence-electron chi connectivity index (χ3n) is 3.13. The highest BCUT2D eigenvalue weighted by atomic mass is 15.1. The van der Waals surface area contributed by atoms with Gasteiger partial charge in [-0.25, -0.2) is 15.0 Å². The lowest BCUT2D eigenvalue weighted by Gasteiger charge is -2.09. The van der Waals surface area contributed by atoms with Crippen LogP contribution in [0.4, 0.5) is 5.82 Å². The maximum atomic E-state index is 4.60. The molecule has 2 heterocycles. The molecule has 0 aliphatic carbocycles. The standard InChI is InChI=1S/C15H17N5/c1-3-13-18-14(16-4-2)9-15(19-13)20-10-17-11-7-5-6-8-12(11)20/h5-10H,3-4H2,1-2H3,(H,16,18,19). The molecule has 1 N–H and O–H groups in total. The smallest absolute Gasteiger partial charge is 0.144 e. The van der Waals surface area contributed by atoms with Crippen molar-refractivity contribution in [1.29, 1.82) is 0 Å². The molecule has 0 fully saturated rings. The average Bonchev–Trinajstić information content (AvgIpc) is 2.91. The Kier molecular flexibility index (Phi) is 3.33. The van der Waals surface area contributed by atoms with Gasteiger partial charge in [-0.3, -0.25) is 4.57 Å². The fraction of sp³-hybridized carbons (Fsp3) is 0.267. The van der Waals surface area contributed by atoms with Crippen molar-refractivity contribution in [2.45, 2.75) is 20.3 Å². The van der Waals surface area contributed by atoms with Gasteiger partial charge in [-0.15, -0.1) is 0 Å². The third kappa shape index (κ3) is 2.22. The summed E-state index contributed by atoms with van der Waals surface area (Å²) in [4.78, 5) is 13.5. The van der Waals surface area contributed by atoms with Crippen LogP contribution in [-0.4, -0.2) is 26.1 Å². The van der Waals surface area contributed by atoms with Crippen LogP contribution in [0.3, 0.4) is 0 Å². The van der Waals surface area contributed by atoms with E-state index < -0.39 is 0 Å². The Morgan fingerprint density at radius 3 is 2.80 bits per heavy atom. The fourth-order valence-electron chi connectivity index (χ4n) is 2.18. The van der Waals surface area contributed by atoms with Crippen molar-refractivity contribution in [2.75, 3.05) is 11.9 Å². The number of para-hydroxylation sites is 2. The minimum absolute atomic E-state index is 0.804. The summed E-state index contributed by atoms with van der Waals surface area (Å²) in [6.45, 7) is 4.95. The number of benzene rings is 1. The number of hydrogen-bond donors (Lipinski definition) is 1. The summed E-state index contributed by atoms with van der Waals surface area (Å²) >= 11 is 0. The first kappa shape index (κ1) is 12.6. The molecule has 0 bridgehead atoms. The average molecular weight is 267 g/mol. The minimum atomic E-state index is 0.804. The van der Waals surface area contributed by atoms with E-state index in [1.807, 2.05) is 41.2 Å². The molecule has 0 aliphatic heterocycles. The van der Waals surface area contributed by atoms with Crippen LogP contribution in [0, 0.1) is 0 Å². The highest BCUT2D eigenvalue weighted by molar-refractivity contribution is 5.76. The monoisotopic (exact) mass is 267 g/mol. The van der Waals surface area contributed by atoms with Crippen molar-refractivity contribution in [1.82, 2.24) is 19.5 Å². The molecular weight excluding hydrogens is 250 g/mol. The predicted molar refractivity (Wildman–Crippen MR) is 80.2 cm³/mol. The number of imidazole rings is 1. The van der Waals surface area contributed by atoms with Gasteiger partial charge in [0.05, 0.1) is 11.0 Å². The van der Waals surface area contributed by atoms with E-state index in [0.29, 0.717) is 0 Å². The van der Waals surface area contributed by atoms with Crippen molar-refractivity contribution in [3.8, 4) is 5.82 Å². The van der Waals surface area contributed by atoms with Gasteiger partial charge >= 0.3 is 0 Å². The molecule has 3 rings (SSSR count). The number of nitrogens with zero attached hydrogens (tertiary/aromatic N) is 4. The lowest BCUT2D eigenvalue weighted by molar-refractivity contribution is 0.894. The van der Waals surface area contributed by atoms with Crippen LogP contribution < -0.4 is 5.32 Å². The Balaban J connectivity index is 2.15. The number of anilines is 1. The van der Waals surface area contributed by atoms with Gasteiger partial charge in [0, 0.05) is 19.0 Å². The predicted octanol–water partition coefficient (Wildman–Crippen LogP) is 2.81. The van der Waals surface area contributed by atoms with Crippen molar-refractivity contribution in [2.24, 2.45) is 0 Å². The van der Waals surface area contributed by atoms with Gasteiger partial charge in [-0.2, -0.15) is 0 Å². The Morgan fingerprint density at radius 2 is 2.00 bits per heavy atom. The molecule has 0 aliphatic rings. The maximum Gasteiger partial charge on any atom is 0.144 e. The topological polar surface area (TPSA) is 55.6 Å². The van der Waals surface area contributed by atoms with E-state index in [-0.39, 0.29) is 0 Å². The number of hydrogen-bond acceptors (Lipinski definition) is 4. The molecule has 0 radical (unpaired) electrons. The number of nitrogens with one attached hydrogen (secondary N) is 1. The highest BCUT2D eigenvalue weighted by Gasteiger charge is 2.08. The van der Waals surface area contributed by atoms with Gasteiger partial charge in [0.2, 0.25) is 0 Å². The highest BCUT2D eigenvalue weighted by Crippen LogP contribution is 2.18. The Morgan fingerprint density at radius 1 is 1.15 bits per heavy atom. The molecule has 5 heteroatoms. The molecule has 3 aromatic rings. The van der Waals surface area contributed by atoms with Crippen molar-refractivity contribution < 1.29 is 0 Å². The Bertz CT molecular complexity index is 732. The molecule has 0 unspecified atom stereocenters. The first-order valence-electron chi connectivity index (χ1n) is 6.86. The van der Waals surface area contributed by atoms with Crippen molar-refractivity contribution in [3.63, 3.8) is 0 Å². The zero-order chi connectivity index (χ0) is 13.9. The zero-order valence-electron chi connectivity index (χ0n) is 11.7. The third-order valence-corrected chi connectivity index (χ3v) is 3.13. The molecule has 0 spiro atoms. The van der Waals surface area contributed by atoms with Gasteiger partial charge in [-0.05, 0) is 19.1 Å². The second-order valence-electron chi connectivity index (χ2n) is 4.51. The van der Waals surface area contributed by atoms with E-state index in [1.54, 1.807) is 0 Å². The summed E-state index contributed by atoms with van der Waals surface area (Å²) in [6, 6.07) is 9.99. The quantitative estimate of drug-likeness (QED) is 0.789. The number of rotatable bonds is 4. The Hall–Kier alpha value is -2.43. The molecule has 20 heavy (non-hydrogen) atoms. The van der Waals surface area contributed by atoms with Gasteiger partial charge in [-0.1, -0.05) is 19.1 Å². The molecule has 0 atom stereocenters. The first-order valence-corrected chi connectivity index (χ1v) is 6.86. The van der Waals surface area contributed by atoms with Crippen LogP contribution in [0.5, 0.6) is 0 Å². The van der Waals surface area contributed by atoms with Crippen LogP contribution in [0.1, 0.15) is 19.7 Å². The minimum Gasteiger partial charge on any atom is -0.370 e. The normalized spacial score (nSPS) is 10.9. The summed E-state index contributed by atoms with van der Waals surface area (Å²) in [6.07, 6.45) is 2.61. The van der Waals surface area contributed by atoms with E-state index in [4.69, 9.17) is 0 Å². The summed E-state index contributed by atoms with van der Waals surface area (Å²) in [7, 11) is 0. The van der Waals surface area contributed by atoms with Crippen LogP contribution in [0.25, 0.3) is 16.9 Å². The number of aryl methyl sites for hydroxylation is 1. The van der Waals surface area contributed by atoms with E-state index in [0.717, 1.165) is 41.5 Å². The SMILES string of the molecule is CCNc1cc(-n2cnc3ccccc32)nc(CC)n1. The van der Waals surface area contributed by atoms with Gasteiger partial charge < -0.3 is 5.32 Å². The van der Waals surface area contributed by atoms with Crippen LogP contribution >= 0.6 is 0 Å². The van der Waals surface area contributed by atoms with E-state index in [2.05, 4.69) is 34.1 Å². The van der Waals surface area contributed by atoms with Crippen molar-refractivity contribution in [3.05, 3.63) is 42.5 Å². The lowest BCUT2D eigenvalue weighted by atomic mass is 10.3. The fourth-order valence-corrected chi connectivity index (χ4v) is 2.18. The number of fused-ring (bicyclic) bond motifs is 1. The second kappa shape index (κ2) is 5.28. The largest absolute Gasteiger partial charge is 0.370 e.